The van der Waals surface area contributed by atoms with Gasteiger partial charge < -0.3 is 10.6 Å². The second kappa shape index (κ2) is 8.71. The van der Waals surface area contributed by atoms with Gasteiger partial charge in [0.15, 0.2) is 5.82 Å². The van der Waals surface area contributed by atoms with Gasteiger partial charge in [0.25, 0.3) is 5.91 Å². The molecule has 0 bridgehead atoms. The molecule has 0 unspecified atom stereocenters. The highest BCUT2D eigenvalue weighted by Gasteiger charge is 2.60. The van der Waals surface area contributed by atoms with E-state index in [1.54, 1.807) is 6.07 Å². The number of halogens is 6. The molecule has 2 heterocycles. The first-order valence-electron chi connectivity index (χ1n) is 7.61. The van der Waals surface area contributed by atoms with E-state index in [0.29, 0.717) is 16.7 Å². The van der Waals surface area contributed by atoms with Gasteiger partial charge in [-0.15, -0.1) is 22.0 Å². The predicted molar refractivity (Wildman–Crippen MR) is 103 cm³/mol. The lowest BCUT2D eigenvalue weighted by Gasteiger charge is -2.19. The van der Waals surface area contributed by atoms with Crippen molar-refractivity contribution >= 4 is 51.8 Å². The zero-order chi connectivity index (χ0) is 21.1. The molecule has 6 nitrogen and oxygen atoms in total. The van der Waals surface area contributed by atoms with Crippen LogP contribution in [0.1, 0.15) is 23.1 Å². The summed E-state index contributed by atoms with van der Waals surface area (Å²) >= 11 is 3.35. The number of alkyl halides is 5. The Labute approximate surface area is 174 Å². The number of nitrogens with one attached hydrogen (secondary N) is 2. The summed E-state index contributed by atoms with van der Waals surface area (Å²) in [6, 6.07) is 2.15. The highest BCUT2D eigenvalue weighted by molar-refractivity contribution is 14.1. The molecule has 2 rings (SSSR count). The summed E-state index contributed by atoms with van der Waals surface area (Å²) in [5.74, 6) is -5.54. The fraction of sp³-hybridized carbons (Fsp3) is 0.333. The molecular weight excluding hydrogens is 520 g/mol. The van der Waals surface area contributed by atoms with Crippen molar-refractivity contribution in [3.05, 3.63) is 33.3 Å². The predicted octanol–water partition coefficient (Wildman–Crippen LogP) is 4.54. The van der Waals surface area contributed by atoms with Crippen molar-refractivity contribution in [3.63, 3.8) is 0 Å². The van der Waals surface area contributed by atoms with Gasteiger partial charge >= 0.3 is 12.1 Å². The summed E-state index contributed by atoms with van der Waals surface area (Å²) in [6.45, 7) is 1.86. The Morgan fingerprint density at radius 3 is 2.46 bits per heavy atom. The van der Waals surface area contributed by atoms with E-state index in [9.17, 15) is 26.7 Å². The molecule has 0 atom stereocenters. The second-order valence-corrected chi connectivity index (χ2v) is 7.75. The van der Waals surface area contributed by atoms with Crippen LogP contribution in [0.15, 0.2) is 23.2 Å². The maximum Gasteiger partial charge on any atom is 0.459 e. The number of aromatic nitrogens is 3. The SMILES string of the molecule is CCSc1cc(I)cnc1C(=O)Nc1cc(C(F)(F)C(F)(F)F)nnc1NC. The number of rotatable bonds is 6. The molecule has 0 saturated carbocycles. The number of anilines is 2. The van der Waals surface area contributed by atoms with Gasteiger partial charge in [0.1, 0.15) is 11.4 Å². The van der Waals surface area contributed by atoms with Crippen molar-refractivity contribution in [2.45, 2.75) is 23.9 Å². The van der Waals surface area contributed by atoms with E-state index in [1.165, 1.54) is 25.0 Å². The van der Waals surface area contributed by atoms with Crippen molar-refractivity contribution in [2.75, 3.05) is 23.4 Å². The number of thioether (sulfide) groups is 1. The minimum Gasteiger partial charge on any atom is -0.370 e. The first-order chi connectivity index (χ1) is 13.0. The lowest BCUT2D eigenvalue weighted by atomic mass is 10.2. The Balaban J connectivity index is 2.43. The summed E-state index contributed by atoms with van der Waals surface area (Å²) in [6.07, 6.45) is -4.42. The van der Waals surface area contributed by atoms with Crippen LogP contribution in [-0.4, -0.2) is 40.1 Å². The van der Waals surface area contributed by atoms with E-state index in [2.05, 4.69) is 25.8 Å². The zero-order valence-corrected chi connectivity index (χ0v) is 17.3. The summed E-state index contributed by atoms with van der Waals surface area (Å²) in [7, 11) is 1.35. The molecule has 13 heteroatoms. The van der Waals surface area contributed by atoms with Crippen LogP contribution in [0.5, 0.6) is 0 Å². The third-order valence-electron chi connectivity index (χ3n) is 3.29. The van der Waals surface area contributed by atoms with Crippen LogP contribution in [0.25, 0.3) is 0 Å². The highest BCUT2D eigenvalue weighted by atomic mass is 127. The molecule has 0 radical (unpaired) electrons. The van der Waals surface area contributed by atoms with Gasteiger partial charge in [-0.3, -0.25) is 4.79 Å². The summed E-state index contributed by atoms with van der Waals surface area (Å²) in [5, 5.41) is 11.0. The van der Waals surface area contributed by atoms with E-state index < -0.39 is 23.7 Å². The molecule has 2 aromatic rings. The fourth-order valence-electron chi connectivity index (χ4n) is 2.01. The monoisotopic (exact) mass is 533 g/mol. The van der Waals surface area contributed by atoms with Crippen LogP contribution in [0.2, 0.25) is 0 Å². The van der Waals surface area contributed by atoms with Gasteiger partial charge in [-0.1, -0.05) is 6.92 Å². The van der Waals surface area contributed by atoms with Crippen LogP contribution in [0, 0.1) is 3.57 Å². The van der Waals surface area contributed by atoms with Crippen molar-refractivity contribution in [2.24, 2.45) is 0 Å². The average Bonchev–Trinajstić information content (AvgIpc) is 2.61. The molecule has 0 aliphatic heterocycles. The van der Waals surface area contributed by atoms with Crippen LogP contribution in [0.4, 0.5) is 33.5 Å². The summed E-state index contributed by atoms with van der Waals surface area (Å²) in [5.41, 5.74) is -2.00. The fourth-order valence-corrected chi connectivity index (χ4v) is 3.47. The molecule has 0 aromatic carbocycles. The van der Waals surface area contributed by atoms with Crippen molar-refractivity contribution in [3.8, 4) is 0 Å². The number of hydrogen-bond donors (Lipinski definition) is 2. The zero-order valence-electron chi connectivity index (χ0n) is 14.4. The quantitative estimate of drug-likeness (QED) is 0.323. The number of hydrogen-bond acceptors (Lipinski definition) is 6. The smallest absolute Gasteiger partial charge is 0.370 e. The van der Waals surface area contributed by atoms with E-state index in [-0.39, 0.29) is 17.2 Å². The molecule has 0 saturated heterocycles. The van der Waals surface area contributed by atoms with Crippen LogP contribution < -0.4 is 10.6 Å². The largest absolute Gasteiger partial charge is 0.459 e. The third kappa shape index (κ3) is 4.79. The van der Waals surface area contributed by atoms with E-state index in [1.807, 2.05) is 29.5 Å². The highest BCUT2D eigenvalue weighted by Crippen LogP contribution is 2.43. The lowest BCUT2D eigenvalue weighted by molar-refractivity contribution is -0.291. The van der Waals surface area contributed by atoms with Crippen molar-refractivity contribution in [1.82, 2.24) is 15.2 Å². The minimum atomic E-state index is -5.85. The van der Waals surface area contributed by atoms with E-state index >= 15 is 0 Å². The summed E-state index contributed by atoms with van der Waals surface area (Å²) < 4.78 is 65.7. The number of pyridine rings is 1. The molecule has 28 heavy (non-hydrogen) atoms. The average molecular weight is 533 g/mol. The van der Waals surface area contributed by atoms with Gasteiger partial charge in [-0.2, -0.15) is 22.0 Å². The first kappa shape index (κ1) is 22.5. The molecule has 0 fully saturated rings. The molecular formula is C15H13F5IN5OS. The number of carbonyl (C=O) groups excluding carboxylic acids is 1. The number of nitrogens with zero attached hydrogens (tertiary/aromatic N) is 3. The maximum absolute atomic E-state index is 13.6. The lowest BCUT2D eigenvalue weighted by Crippen LogP contribution is -2.35. The van der Waals surface area contributed by atoms with Crippen molar-refractivity contribution in [1.29, 1.82) is 0 Å². The first-order valence-corrected chi connectivity index (χ1v) is 9.67. The Bertz CT molecular complexity index is 880. The molecule has 1 amide bonds. The van der Waals surface area contributed by atoms with Gasteiger partial charge in [-0.05, 0) is 40.5 Å². The molecule has 0 spiro atoms. The Hall–Kier alpha value is -1.77. The summed E-state index contributed by atoms with van der Waals surface area (Å²) in [4.78, 5) is 17.1. The molecule has 0 aliphatic carbocycles. The van der Waals surface area contributed by atoms with Gasteiger partial charge in [0, 0.05) is 21.7 Å². The van der Waals surface area contributed by atoms with Gasteiger partial charge in [-0.25, -0.2) is 4.98 Å². The third-order valence-corrected chi connectivity index (χ3v) is 4.79. The Kier molecular flexibility index (Phi) is 7.01. The van der Waals surface area contributed by atoms with Crippen LogP contribution >= 0.6 is 34.4 Å². The standard InChI is InChI=1S/C15H13F5IN5OS/c1-3-28-9-4-7(21)6-23-11(9)13(27)24-8-5-10(25-26-12(8)22-2)14(16,17)15(18,19)20/h4-6H,3H2,1-2H3,(H,22,26)(H,24,25,27). The topological polar surface area (TPSA) is 79.8 Å². The molecule has 0 aliphatic rings. The Morgan fingerprint density at radius 1 is 1.21 bits per heavy atom. The second-order valence-electron chi connectivity index (χ2n) is 5.20. The van der Waals surface area contributed by atoms with Crippen LogP contribution in [0.3, 0.4) is 0 Å². The van der Waals surface area contributed by atoms with Gasteiger partial charge in [0.2, 0.25) is 0 Å². The molecule has 2 aromatic heterocycles. The minimum absolute atomic E-state index is 0.00950. The van der Waals surface area contributed by atoms with Crippen molar-refractivity contribution < 1.29 is 26.7 Å². The normalized spacial score (nSPS) is 12.0. The van der Waals surface area contributed by atoms with E-state index in [4.69, 9.17) is 0 Å². The van der Waals surface area contributed by atoms with Crippen LogP contribution in [-0.2, 0) is 5.92 Å². The van der Waals surface area contributed by atoms with Gasteiger partial charge in [0.05, 0.1) is 5.69 Å². The number of carbonyl (C=O) groups is 1. The van der Waals surface area contributed by atoms with E-state index in [0.717, 1.165) is 3.57 Å². The number of amides is 1. The molecule has 152 valence electrons. The molecule has 2 N–H and O–H groups in total. The maximum atomic E-state index is 13.6. The Morgan fingerprint density at radius 2 is 1.89 bits per heavy atom.